The molecular formula is C23H25ClN4O3. The van der Waals surface area contributed by atoms with Crippen LogP contribution in [-0.4, -0.2) is 58.6 Å². The van der Waals surface area contributed by atoms with E-state index in [-0.39, 0.29) is 12.5 Å². The van der Waals surface area contributed by atoms with E-state index in [2.05, 4.69) is 15.0 Å². The first-order chi connectivity index (χ1) is 15.0. The zero-order valence-corrected chi connectivity index (χ0v) is 18.4. The molecule has 1 aliphatic rings. The van der Waals surface area contributed by atoms with Gasteiger partial charge < -0.3 is 14.2 Å². The molecule has 2 aromatic carbocycles. The molecule has 8 heteroatoms. The number of carbonyl (C=O) groups excluding carboxylic acids is 1. The molecule has 0 radical (unpaired) electrons. The number of para-hydroxylation sites is 1. The van der Waals surface area contributed by atoms with Gasteiger partial charge in [0.2, 0.25) is 11.7 Å². The molecule has 1 amide bonds. The number of ether oxygens (including phenoxy) is 1. The number of rotatable bonds is 6. The summed E-state index contributed by atoms with van der Waals surface area (Å²) in [6, 6.07) is 13.3. The lowest BCUT2D eigenvalue weighted by Gasteiger charge is -2.33. The lowest BCUT2D eigenvalue weighted by molar-refractivity contribution is -0.135. The third-order valence-electron chi connectivity index (χ3n) is 5.40. The Morgan fingerprint density at radius 3 is 2.42 bits per heavy atom. The van der Waals surface area contributed by atoms with Gasteiger partial charge in [0.1, 0.15) is 5.75 Å². The second-order valence-corrected chi connectivity index (χ2v) is 8.12. The molecular weight excluding hydrogens is 416 g/mol. The molecule has 0 bridgehead atoms. The standard InChI is InChI=1S/C23H25ClN4O3/c1-16-4-3-5-17(2)22(16)30-15-21(29)28-12-10-27(11-13-28)14-20-25-23(26-31-20)18-6-8-19(24)9-7-18/h3-9H,10-15H2,1-2H3. The highest BCUT2D eigenvalue weighted by Crippen LogP contribution is 2.22. The molecule has 0 saturated carbocycles. The Morgan fingerprint density at radius 2 is 1.74 bits per heavy atom. The number of nitrogens with zero attached hydrogens (tertiary/aromatic N) is 4. The lowest BCUT2D eigenvalue weighted by atomic mass is 10.1. The third kappa shape index (κ3) is 5.24. The molecule has 1 saturated heterocycles. The number of aromatic nitrogens is 2. The summed E-state index contributed by atoms with van der Waals surface area (Å²) in [6.07, 6.45) is 0. The predicted molar refractivity (Wildman–Crippen MR) is 118 cm³/mol. The van der Waals surface area contributed by atoms with Gasteiger partial charge in [-0.2, -0.15) is 4.98 Å². The van der Waals surface area contributed by atoms with Crippen LogP contribution in [0.5, 0.6) is 5.75 Å². The first-order valence-electron chi connectivity index (χ1n) is 10.3. The van der Waals surface area contributed by atoms with Gasteiger partial charge in [-0.3, -0.25) is 9.69 Å². The van der Waals surface area contributed by atoms with Crippen molar-refractivity contribution in [1.82, 2.24) is 19.9 Å². The number of benzene rings is 2. The van der Waals surface area contributed by atoms with Crippen molar-refractivity contribution in [2.24, 2.45) is 0 Å². The van der Waals surface area contributed by atoms with Crippen LogP contribution in [0.15, 0.2) is 47.0 Å². The minimum absolute atomic E-state index is 0.00474. The van der Waals surface area contributed by atoms with Crippen molar-refractivity contribution < 1.29 is 14.1 Å². The molecule has 31 heavy (non-hydrogen) atoms. The van der Waals surface area contributed by atoms with Crippen LogP contribution in [0.25, 0.3) is 11.4 Å². The average Bonchev–Trinajstić information content (AvgIpc) is 3.23. The molecule has 7 nitrogen and oxygen atoms in total. The Kier molecular flexibility index (Phi) is 6.53. The van der Waals surface area contributed by atoms with Crippen molar-refractivity contribution in [3.63, 3.8) is 0 Å². The first kappa shape index (κ1) is 21.3. The number of hydrogen-bond donors (Lipinski definition) is 0. The summed E-state index contributed by atoms with van der Waals surface area (Å²) in [4.78, 5) is 21.1. The van der Waals surface area contributed by atoms with Gasteiger partial charge >= 0.3 is 0 Å². The van der Waals surface area contributed by atoms with Crippen LogP contribution in [0.2, 0.25) is 5.02 Å². The lowest BCUT2D eigenvalue weighted by Crippen LogP contribution is -2.49. The van der Waals surface area contributed by atoms with Gasteiger partial charge in [0.25, 0.3) is 5.91 Å². The van der Waals surface area contributed by atoms with E-state index in [9.17, 15) is 4.79 Å². The molecule has 0 N–H and O–H groups in total. The van der Waals surface area contributed by atoms with E-state index in [0.29, 0.717) is 36.4 Å². The molecule has 3 aromatic rings. The number of halogens is 1. The van der Waals surface area contributed by atoms with Gasteiger partial charge in [-0.05, 0) is 49.2 Å². The monoisotopic (exact) mass is 440 g/mol. The summed E-state index contributed by atoms with van der Waals surface area (Å²) in [5.74, 6) is 1.90. The zero-order chi connectivity index (χ0) is 21.8. The summed E-state index contributed by atoms with van der Waals surface area (Å²) in [5.41, 5.74) is 2.93. The normalized spacial score (nSPS) is 14.6. The Balaban J connectivity index is 1.26. The summed E-state index contributed by atoms with van der Waals surface area (Å²) in [5, 5.41) is 4.72. The van der Waals surface area contributed by atoms with Crippen molar-refractivity contribution in [3.05, 3.63) is 64.5 Å². The largest absolute Gasteiger partial charge is 0.483 e. The van der Waals surface area contributed by atoms with Gasteiger partial charge in [0.05, 0.1) is 6.54 Å². The quantitative estimate of drug-likeness (QED) is 0.581. The molecule has 0 unspecified atom stereocenters. The Morgan fingerprint density at radius 1 is 1.06 bits per heavy atom. The average molecular weight is 441 g/mol. The van der Waals surface area contributed by atoms with Crippen molar-refractivity contribution in [3.8, 4) is 17.1 Å². The molecule has 2 heterocycles. The number of aryl methyl sites for hydroxylation is 2. The van der Waals surface area contributed by atoms with E-state index >= 15 is 0 Å². The van der Waals surface area contributed by atoms with Crippen LogP contribution < -0.4 is 4.74 Å². The van der Waals surface area contributed by atoms with Gasteiger partial charge in [-0.15, -0.1) is 0 Å². The minimum atomic E-state index is 0.00474. The van der Waals surface area contributed by atoms with Crippen molar-refractivity contribution in [2.75, 3.05) is 32.8 Å². The third-order valence-corrected chi connectivity index (χ3v) is 5.66. The molecule has 1 fully saturated rings. The summed E-state index contributed by atoms with van der Waals surface area (Å²) < 4.78 is 11.2. The fourth-order valence-corrected chi connectivity index (χ4v) is 3.76. The first-order valence-corrected chi connectivity index (χ1v) is 10.6. The van der Waals surface area contributed by atoms with Crippen molar-refractivity contribution in [1.29, 1.82) is 0 Å². The van der Waals surface area contributed by atoms with E-state index in [1.54, 1.807) is 12.1 Å². The van der Waals surface area contributed by atoms with Gasteiger partial charge in [0.15, 0.2) is 6.61 Å². The van der Waals surface area contributed by atoms with Crippen LogP contribution in [0.1, 0.15) is 17.0 Å². The van der Waals surface area contributed by atoms with Crippen molar-refractivity contribution >= 4 is 17.5 Å². The molecule has 0 spiro atoms. The topological polar surface area (TPSA) is 71.7 Å². The second kappa shape index (κ2) is 9.49. The maximum Gasteiger partial charge on any atom is 0.260 e. The van der Waals surface area contributed by atoms with E-state index < -0.39 is 0 Å². The Bertz CT molecular complexity index is 1020. The van der Waals surface area contributed by atoms with Crippen LogP contribution in [-0.2, 0) is 11.3 Å². The van der Waals surface area contributed by atoms with Crippen LogP contribution in [0, 0.1) is 13.8 Å². The SMILES string of the molecule is Cc1cccc(C)c1OCC(=O)N1CCN(Cc2nc(-c3ccc(Cl)cc3)no2)CC1. The maximum absolute atomic E-state index is 12.6. The molecule has 1 aliphatic heterocycles. The number of piperazine rings is 1. The van der Waals surface area contributed by atoms with Crippen molar-refractivity contribution in [2.45, 2.75) is 20.4 Å². The van der Waals surface area contributed by atoms with Crippen LogP contribution in [0.4, 0.5) is 0 Å². The van der Waals surface area contributed by atoms with E-state index in [4.69, 9.17) is 20.9 Å². The van der Waals surface area contributed by atoms with Crippen LogP contribution in [0.3, 0.4) is 0 Å². The molecule has 4 rings (SSSR count). The predicted octanol–water partition coefficient (Wildman–Crippen LogP) is 3.73. The fraction of sp³-hybridized carbons (Fsp3) is 0.348. The summed E-state index contributed by atoms with van der Waals surface area (Å²) in [6.45, 7) is 7.37. The van der Waals surface area contributed by atoms with E-state index in [0.717, 1.165) is 35.5 Å². The summed E-state index contributed by atoms with van der Waals surface area (Å²) in [7, 11) is 0. The minimum Gasteiger partial charge on any atom is -0.483 e. The Labute approximate surface area is 186 Å². The van der Waals surface area contributed by atoms with E-state index in [1.165, 1.54) is 0 Å². The molecule has 1 aromatic heterocycles. The number of hydrogen-bond acceptors (Lipinski definition) is 6. The maximum atomic E-state index is 12.6. The van der Waals surface area contributed by atoms with Crippen LogP contribution >= 0.6 is 11.6 Å². The molecule has 0 aliphatic carbocycles. The molecule has 162 valence electrons. The number of carbonyl (C=O) groups is 1. The van der Waals surface area contributed by atoms with Gasteiger partial charge in [0, 0.05) is 36.8 Å². The molecule has 0 atom stereocenters. The fourth-order valence-electron chi connectivity index (χ4n) is 3.63. The second-order valence-electron chi connectivity index (χ2n) is 7.69. The highest BCUT2D eigenvalue weighted by atomic mass is 35.5. The number of amides is 1. The summed E-state index contributed by atoms with van der Waals surface area (Å²) >= 11 is 5.93. The van der Waals surface area contributed by atoms with Gasteiger partial charge in [-0.1, -0.05) is 35.0 Å². The van der Waals surface area contributed by atoms with Gasteiger partial charge in [-0.25, -0.2) is 0 Å². The smallest absolute Gasteiger partial charge is 0.260 e. The zero-order valence-electron chi connectivity index (χ0n) is 17.7. The highest BCUT2D eigenvalue weighted by molar-refractivity contribution is 6.30. The Hall–Kier alpha value is -2.90. The highest BCUT2D eigenvalue weighted by Gasteiger charge is 2.23. The van der Waals surface area contributed by atoms with E-state index in [1.807, 2.05) is 49.1 Å².